The van der Waals surface area contributed by atoms with Gasteiger partial charge in [0.25, 0.3) is 10.0 Å². The molecule has 3 aromatic rings. The van der Waals surface area contributed by atoms with Crippen LogP contribution in [0.4, 0.5) is 0 Å². The lowest BCUT2D eigenvalue weighted by atomic mass is 9.87. The Hall–Kier alpha value is -1.48. The summed E-state index contributed by atoms with van der Waals surface area (Å²) in [5.74, 6) is -0.0168. The second-order valence-electron chi connectivity index (χ2n) is 6.05. The van der Waals surface area contributed by atoms with Crippen molar-refractivity contribution in [2.45, 2.75) is 16.7 Å². The van der Waals surface area contributed by atoms with Gasteiger partial charge in [-0.05, 0) is 44.8 Å². The molecule has 1 aliphatic heterocycles. The smallest absolute Gasteiger partial charge is 0.252 e. The summed E-state index contributed by atoms with van der Waals surface area (Å²) < 4.78 is 30.7. The second-order valence-corrected chi connectivity index (χ2v) is 10.7. The van der Waals surface area contributed by atoms with Gasteiger partial charge in [-0.3, -0.25) is 4.68 Å². The minimum absolute atomic E-state index is 0.0168. The van der Waals surface area contributed by atoms with E-state index in [1.54, 1.807) is 21.1 Å². The molecule has 1 aliphatic rings. The van der Waals surface area contributed by atoms with Crippen LogP contribution in [0, 0.1) is 0 Å². The van der Waals surface area contributed by atoms with Crippen LogP contribution in [0.25, 0.3) is 0 Å². The van der Waals surface area contributed by atoms with E-state index >= 15 is 0 Å². The molecule has 25 heavy (non-hydrogen) atoms. The van der Waals surface area contributed by atoms with E-state index in [0.717, 1.165) is 14.9 Å². The third kappa shape index (κ3) is 3.08. The Morgan fingerprint density at radius 3 is 2.72 bits per heavy atom. The molecular weight excluding hydrogens is 422 g/mol. The number of benzene rings is 1. The van der Waals surface area contributed by atoms with Crippen LogP contribution in [0.2, 0.25) is 0 Å². The Bertz CT molecular complexity index is 1030. The number of rotatable bonds is 3. The highest BCUT2D eigenvalue weighted by Crippen LogP contribution is 2.37. The molecule has 5 nitrogen and oxygen atoms in total. The molecule has 130 valence electrons. The number of nitrogens with zero attached hydrogens (tertiary/aromatic N) is 3. The number of halogens is 1. The van der Waals surface area contributed by atoms with Crippen LogP contribution in [-0.4, -0.2) is 29.0 Å². The molecule has 0 saturated heterocycles. The number of fused-ring (bicyclic) bond motifs is 1. The molecule has 0 amide bonds. The van der Waals surface area contributed by atoms with E-state index in [1.807, 2.05) is 37.6 Å². The molecular formula is C17H16BrN3O2S2. The van der Waals surface area contributed by atoms with Gasteiger partial charge in [0.05, 0.1) is 9.98 Å². The van der Waals surface area contributed by atoms with Crippen molar-refractivity contribution in [2.75, 3.05) is 6.54 Å². The van der Waals surface area contributed by atoms with Gasteiger partial charge in [0.1, 0.15) is 4.21 Å². The number of hydrogen-bond acceptors (Lipinski definition) is 4. The topological polar surface area (TPSA) is 55.2 Å². The summed E-state index contributed by atoms with van der Waals surface area (Å²) >= 11 is 4.59. The van der Waals surface area contributed by atoms with Gasteiger partial charge in [0.15, 0.2) is 0 Å². The van der Waals surface area contributed by atoms with Crippen LogP contribution >= 0.6 is 27.3 Å². The van der Waals surface area contributed by atoms with Crippen LogP contribution in [0.5, 0.6) is 0 Å². The van der Waals surface area contributed by atoms with Crippen LogP contribution < -0.4 is 0 Å². The van der Waals surface area contributed by atoms with E-state index in [0.29, 0.717) is 17.3 Å². The van der Waals surface area contributed by atoms with Crippen molar-refractivity contribution in [3.05, 3.63) is 69.3 Å². The zero-order valence-electron chi connectivity index (χ0n) is 13.5. The zero-order valence-corrected chi connectivity index (χ0v) is 16.7. The minimum atomic E-state index is -3.52. The number of thiophene rings is 1. The fourth-order valence-corrected chi connectivity index (χ4v) is 6.82. The Morgan fingerprint density at radius 2 is 2.04 bits per heavy atom. The lowest BCUT2D eigenvalue weighted by Gasteiger charge is -2.33. The third-order valence-corrected chi connectivity index (χ3v) is 8.34. The van der Waals surface area contributed by atoms with Gasteiger partial charge in [-0.2, -0.15) is 9.40 Å². The van der Waals surface area contributed by atoms with E-state index in [2.05, 4.69) is 27.1 Å². The van der Waals surface area contributed by atoms with Crippen molar-refractivity contribution >= 4 is 37.3 Å². The fraction of sp³-hybridized carbons (Fsp3) is 0.235. The molecule has 0 aliphatic carbocycles. The van der Waals surface area contributed by atoms with E-state index < -0.39 is 10.0 Å². The highest BCUT2D eigenvalue weighted by Gasteiger charge is 2.35. The van der Waals surface area contributed by atoms with Gasteiger partial charge >= 0.3 is 0 Å². The van der Waals surface area contributed by atoms with Gasteiger partial charge in [0.2, 0.25) is 0 Å². The molecule has 4 rings (SSSR count). The van der Waals surface area contributed by atoms with Crippen LogP contribution in [0.3, 0.4) is 0 Å². The Balaban J connectivity index is 1.77. The summed E-state index contributed by atoms with van der Waals surface area (Å²) in [5.41, 5.74) is 3.25. The van der Waals surface area contributed by atoms with Crippen LogP contribution in [-0.2, 0) is 23.6 Å². The van der Waals surface area contributed by atoms with Crippen molar-refractivity contribution in [1.82, 2.24) is 14.1 Å². The van der Waals surface area contributed by atoms with E-state index in [1.165, 1.54) is 16.9 Å². The molecule has 0 fully saturated rings. The molecule has 1 aromatic carbocycles. The molecule has 8 heteroatoms. The molecule has 1 atom stereocenters. The Kier molecular flexibility index (Phi) is 4.31. The largest absolute Gasteiger partial charge is 0.276 e. The maximum absolute atomic E-state index is 13.1. The lowest BCUT2D eigenvalue weighted by molar-refractivity contribution is 0.372. The number of hydrogen-bond donors (Lipinski definition) is 0. The summed E-state index contributed by atoms with van der Waals surface area (Å²) in [7, 11) is -1.65. The lowest BCUT2D eigenvalue weighted by Crippen LogP contribution is -2.38. The maximum Gasteiger partial charge on any atom is 0.252 e. The second kappa shape index (κ2) is 6.35. The maximum atomic E-state index is 13.1. The van der Waals surface area contributed by atoms with Crippen LogP contribution in [0.1, 0.15) is 22.6 Å². The van der Waals surface area contributed by atoms with Gasteiger partial charge in [-0.15, -0.1) is 11.3 Å². The summed E-state index contributed by atoms with van der Waals surface area (Å²) in [6.07, 6.45) is 3.78. The first-order valence-electron chi connectivity index (χ1n) is 7.77. The molecule has 0 spiro atoms. The molecule has 0 unspecified atom stereocenters. The number of aryl methyl sites for hydroxylation is 1. The molecule has 2 aromatic heterocycles. The highest BCUT2D eigenvalue weighted by atomic mass is 79.9. The minimum Gasteiger partial charge on any atom is -0.276 e. The van der Waals surface area contributed by atoms with Gasteiger partial charge in [-0.1, -0.05) is 24.3 Å². The quantitative estimate of drug-likeness (QED) is 0.628. The summed E-state index contributed by atoms with van der Waals surface area (Å²) in [4.78, 5) is 0. The average Bonchev–Trinajstić information content (AvgIpc) is 3.22. The van der Waals surface area contributed by atoms with Crippen molar-refractivity contribution < 1.29 is 8.42 Å². The van der Waals surface area contributed by atoms with Gasteiger partial charge in [-0.25, -0.2) is 8.42 Å². The first-order valence-corrected chi connectivity index (χ1v) is 10.8. The highest BCUT2D eigenvalue weighted by molar-refractivity contribution is 9.11. The van der Waals surface area contributed by atoms with Gasteiger partial charge in [0, 0.05) is 32.3 Å². The normalized spacial score (nSPS) is 18.2. The van der Waals surface area contributed by atoms with Crippen molar-refractivity contribution in [3.63, 3.8) is 0 Å². The van der Waals surface area contributed by atoms with Crippen molar-refractivity contribution in [3.8, 4) is 0 Å². The SMILES string of the molecule is Cn1cc([C@@H]2CN(S(=O)(=O)c3ccc(Br)s3)Cc3ccccc32)cn1. The fourth-order valence-electron chi connectivity index (χ4n) is 3.23. The third-order valence-electron chi connectivity index (χ3n) is 4.43. The summed E-state index contributed by atoms with van der Waals surface area (Å²) in [6.45, 7) is 0.811. The average molecular weight is 438 g/mol. The molecule has 0 bridgehead atoms. The molecule has 0 saturated carbocycles. The van der Waals surface area contributed by atoms with Gasteiger partial charge < -0.3 is 0 Å². The predicted molar refractivity (Wildman–Crippen MR) is 101 cm³/mol. The van der Waals surface area contributed by atoms with E-state index in [9.17, 15) is 8.42 Å². The summed E-state index contributed by atoms with van der Waals surface area (Å²) in [6, 6.07) is 11.5. The first-order chi connectivity index (χ1) is 11.9. The Morgan fingerprint density at radius 1 is 1.24 bits per heavy atom. The molecule has 0 radical (unpaired) electrons. The van der Waals surface area contributed by atoms with Crippen molar-refractivity contribution in [1.29, 1.82) is 0 Å². The molecule has 0 N–H and O–H groups in total. The summed E-state index contributed by atoms with van der Waals surface area (Å²) in [5, 5.41) is 4.26. The monoisotopic (exact) mass is 437 g/mol. The standard InChI is InChI=1S/C17H16BrN3O2S2/c1-20-9-13(8-19-20)15-11-21(10-12-4-2-3-5-14(12)15)25(22,23)17-7-6-16(18)24-17/h2-9,15H,10-11H2,1H3/t15-/m0/s1. The van der Waals surface area contributed by atoms with Crippen LogP contribution in [0.15, 0.2) is 56.8 Å². The van der Waals surface area contributed by atoms with Crippen molar-refractivity contribution in [2.24, 2.45) is 7.05 Å². The number of aromatic nitrogens is 2. The first kappa shape index (κ1) is 17.0. The number of sulfonamides is 1. The zero-order chi connectivity index (χ0) is 17.6. The Labute approximate surface area is 159 Å². The van der Waals surface area contributed by atoms with E-state index in [4.69, 9.17) is 0 Å². The predicted octanol–water partition coefficient (Wildman–Crippen LogP) is 3.58. The molecule has 3 heterocycles. The van der Waals surface area contributed by atoms with E-state index in [-0.39, 0.29) is 5.92 Å².